The molecule has 2 aromatic rings. The zero-order valence-corrected chi connectivity index (χ0v) is 12.9. The first kappa shape index (κ1) is 14.6. The Labute approximate surface area is 130 Å². The van der Waals surface area contributed by atoms with E-state index in [-0.39, 0.29) is 5.92 Å². The topological polar surface area (TPSA) is 71.9 Å². The summed E-state index contributed by atoms with van der Waals surface area (Å²) in [7, 11) is 0. The summed E-state index contributed by atoms with van der Waals surface area (Å²) in [5.41, 5.74) is 11.7. The Hall–Kier alpha value is -2.38. The van der Waals surface area contributed by atoms with E-state index >= 15 is 0 Å². The van der Waals surface area contributed by atoms with Crippen molar-refractivity contribution in [2.75, 3.05) is 18.9 Å². The van der Waals surface area contributed by atoms with Gasteiger partial charge in [0.2, 0.25) is 0 Å². The quantitative estimate of drug-likeness (QED) is 0.922. The maximum atomic E-state index is 9.40. The second-order valence-electron chi connectivity index (χ2n) is 5.91. The van der Waals surface area contributed by atoms with Crippen molar-refractivity contribution < 1.29 is 4.74 Å². The van der Waals surface area contributed by atoms with E-state index in [2.05, 4.69) is 43.1 Å². The summed E-state index contributed by atoms with van der Waals surface area (Å²) in [5, 5.41) is 9.40. The molecule has 22 heavy (non-hydrogen) atoms. The van der Waals surface area contributed by atoms with Crippen LogP contribution in [0.1, 0.15) is 34.6 Å². The molecule has 4 heteroatoms. The Morgan fingerprint density at radius 2 is 1.95 bits per heavy atom. The number of aromatic nitrogens is 1. The minimum atomic E-state index is 0.226. The number of ether oxygens (including phenoxy) is 1. The van der Waals surface area contributed by atoms with E-state index in [1.165, 1.54) is 11.1 Å². The summed E-state index contributed by atoms with van der Waals surface area (Å²) in [4.78, 5) is 4.44. The highest BCUT2D eigenvalue weighted by molar-refractivity contribution is 5.68. The van der Waals surface area contributed by atoms with Gasteiger partial charge in [0.25, 0.3) is 0 Å². The molecular formula is C18H19N3O. The fourth-order valence-electron chi connectivity index (χ4n) is 3.08. The minimum Gasteiger partial charge on any atom is -0.383 e. The average molecular weight is 293 g/mol. The summed E-state index contributed by atoms with van der Waals surface area (Å²) in [5.74, 6) is 0.533. The monoisotopic (exact) mass is 293 g/mol. The Balaban J connectivity index is 2.15. The second kappa shape index (κ2) is 5.78. The lowest BCUT2D eigenvalue weighted by Crippen LogP contribution is -2.07. The third-order valence-corrected chi connectivity index (χ3v) is 4.08. The van der Waals surface area contributed by atoms with Gasteiger partial charge in [-0.15, -0.1) is 0 Å². The fraction of sp³-hybridized carbons (Fsp3) is 0.333. The number of nitriles is 1. The molecule has 0 bridgehead atoms. The lowest BCUT2D eigenvalue weighted by Gasteiger charge is -2.14. The highest BCUT2D eigenvalue weighted by Gasteiger charge is 2.23. The van der Waals surface area contributed by atoms with Gasteiger partial charge in [-0.2, -0.15) is 5.26 Å². The van der Waals surface area contributed by atoms with Crippen molar-refractivity contribution in [1.29, 1.82) is 5.26 Å². The number of nitrogens with two attached hydrogens (primary N) is 1. The molecule has 1 unspecified atom stereocenters. The number of rotatable bonds is 2. The van der Waals surface area contributed by atoms with Crippen molar-refractivity contribution >= 4 is 5.82 Å². The number of nitrogens with zero attached hydrogens (tertiary/aromatic N) is 2. The molecule has 1 saturated heterocycles. The van der Waals surface area contributed by atoms with Crippen LogP contribution in [0.15, 0.2) is 24.3 Å². The average Bonchev–Trinajstić information content (AvgIpc) is 2.99. The van der Waals surface area contributed by atoms with Crippen LogP contribution in [0, 0.1) is 25.2 Å². The van der Waals surface area contributed by atoms with Crippen LogP contribution in [0.2, 0.25) is 0 Å². The zero-order valence-electron chi connectivity index (χ0n) is 12.9. The van der Waals surface area contributed by atoms with Gasteiger partial charge in [0.1, 0.15) is 11.9 Å². The molecule has 1 aromatic heterocycles. The van der Waals surface area contributed by atoms with Gasteiger partial charge in [-0.3, -0.25) is 0 Å². The Kier molecular flexibility index (Phi) is 3.82. The number of anilines is 1. The molecule has 112 valence electrons. The number of nitrogen functional groups attached to an aromatic ring is 1. The fourth-order valence-corrected chi connectivity index (χ4v) is 3.08. The molecule has 2 N–H and O–H groups in total. The van der Waals surface area contributed by atoms with Crippen LogP contribution in [0.25, 0.3) is 11.3 Å². The molecular weight excluding hydrogens is 274 g/mol. The van der Waals surface area contributed by atoms with E-state index in [4.69, 9.17) is 10.5 Å². The van der Waals surface area contributed by atoms with E-state index in [1.807, 2.05) is 6.07 Å². The Bertz CT molecular complexity index is 735. The van der Waals surface area contributed by atoms with Gasteiger partial charge in [-0.25, -0.2) is 4.98 Å². The smallest absolute Gasteiger partial charge is 0.142 e. The van der Waals surface area contributed by atoms with E-state index in [1.54, 1.807) is 0 Å². The van der Waals surface area contributed by atoms with Crippen molar-refractivity contribution in [1.82, 2.24) is 4.98 Å². The number of benzene rings is 1. The second-order valence-corrected chi connectivity index (χ2v) is 5.91. The SMILES string of the molecule is Cc1cc(C)cc(-c2cc(C3CCOC3)c(C#N)c(N)n2)c1. The maximum Gasteiger partial charge on any atom is 0.142 e. The van der Waals surface area contributed by atoms with Gasteiger partial charge in [-0.1, -0.05) is 17.2 Å². The predicted molar refractivity (Wildman–Crippen MR) is 86.5 cm³/mol. The van der Waals surface area contributed by atoms with Gasteiger partial charge < -0.3 is 10.5 Å². The van der Waals surface area contributed by atoms with E-state index < -0.39 is 0 Å². The summed E-state index contributed by atoms with van der Waals surface area (Å²) in [6.07, 6.45) is 0.921. The summed E-state index contributed by atoms with van der Waals surface area (Å²) >= 11 is 0. The zero-order chi connectivity index (χ0) is 15.7. The lowest BCUT2D eigenvalue weighted by molar-refractivity contribution is 0.194. The molecule has 3 rings (SSSR count). The highest BCUT2D eigenvalue weighted by atomic mass is 16.5. The molecule has 1 aliphatic heterocycles. The first-order valence-electron chi connectivity index (χ1n) is 7.45. The number of hydrogen-bond donors (Lipinski definition) is 1. The molecule has 0 amide bonds. The first-order valence-corrected chi connectivity index (χ1v) is 7.45. The summed E-state index contributed by atoms with van der Waals surface area (Å²) in [6.45, 7) is 5.51. The molecule has 0 aliphatic carbocycles. The van der Waals surface area contributed by atoms with Gasteiger partial charge in [0, 0.05) is 18.1 Å². The standard InChI is InChI=1S/C18H19N3O/c1-11-5-12(2)7-14(6-11)17-8-15(13-3-4-22-10-13)16(9-19)18(20)21-17/h5-8,13H,3-4,10H2,1-2H3,(H2,20,21). The Morgan fingerprint density at radius 1 is 1.23 bits per heavy atom. The number of hydrogen-bond acceptors (Lipinski definition) is 4. The molecule has 2 heterocycles. The van der Waals surface area contributed by atoms with E-state index in [9.17, 15) is 5.26 Å². The van der Waals surface area contributed by atoms with Gasteiger partial charge in [0.15, 0.2) is 0 Å². The molecule has 1 aromatic carbocycles. The lowest BCUT2D eigenvalue weighted by atomic mass is 9.92. The third-order valence-electron chi connectivity index (χ3n) is 4.08. The predicted octanol–water partition coefficient (Wildman–Crippen LogP) is 3.32. The van der Waals surface area contributed by atoms with Crippen LogP contribution in [-0.4, -0.2) is 18.2 Å². The molecule has 1 aliphatic rings. The van der Waals surface area contributed by atoms with Gasteiger partial charge in [-0.05, 0) is 44.0 Å². The van der Waals surface area contributed by atoms with E-state index in [0.29, 0.717) is 18.0 Å². The number of aryl methyl sites for hydroxylation is 2. The third kappa shape index (κ3) is 2.68. The van der Waals surface area contributed by atoms with Crippen LogP contribution >= 0.6 is 0 Å². The van der Waals surface area contributed by atoms with Crippen LogP contribution in [0.5, 0.6) is 0 Å². The van der Waals surface area contributed by atoms with E-state index in [0.717, 1.165) is 29.8 Å². The number of pyridine rings is 1. The van der Waals surface area contributed by atoms with Crippen molar-refractivity contribution in [2.24, 2.45) is 0 Å². The normalized spacial score (nSPS) is 17.4. The molecule has 0 spiro atoms. The van der Waals surface area contributed by atoms with Crippen LogP contribution in [0.3, 0.4) is 0 Å². The van der Waals surface area contributed by atoms with Crippen LogP contribution < -0.4 is 5.73 Å². The van der Waals surface area contributed by atoms with Crippen LogP contribution in [0.4, 0.5) is 5.82 Å². The molecule has 4 nitrogen and oxygen atoms in total. The maximum absolute atomic E-state index is 9.40. The van der Waals surface area contributed by atoms with Gasteiger partial charge in [0.05, 0.1) is 17.9 Å². The summed E-state index contributed by atoms with van der Waals surface area (Å²) in [6, 6.07) is 10.5. The van der Waals surface area contributed by atoms with Gasteiger partial charge >= 0.3 is 0 Å². The minimum absolute atomic E-state index is 0.226. The summed E-state index contributed by atoms with van der Waals surface area (Å²) < 4.78 is 5.46. The van der Waals surface area contributed by atoms with Crippen molar-refractivity contribution in [2.45, 2.75) is 26.2 Å². The molecule has 0 radical (unpaired) electrons. The molecule has 1 atom stereocenters. The van der Waals surface area contributed by atoms with Crippen molar-refractivity contribution in [3.05, 3.63) is 46.5 Å². The highest BCUT2D eigenvalue weighted by Crippen LogP contribution is 2.33. The van der Waals surface area contributed by atoms with Crippen molar-refractivity contribution in [3.63, 3.8) is 0 Å². The molecule has 0 saturated carbocycles. The Morgan fingerprint density at radius 3 is 2.55 bits per heavy atom. The molecule has 1 fully saturated rings. The van der Waals surface area contributed by atoms with Crippen molar-refractivity contribution in [3.8, 4) is 17.3 Å². The largest absolute Gasteiger partial charge is 0.383 e. The first-order chi connectivity index (χ1) is 10.6. The van der Waals surface area contributed by atoms with Crippen LogP contribution in [-0.2, 0) is 4.74 Å².